The fraction of sp³-hybridized carbons (Fsp3) is 0.636. The summed E-state index contributed by atoms with van der Waals surface area (Å²) in [7, 11) is 0. The number of nitroso groups, excluding NO2 is 1. The molecule has 4 nitrogen and oxygen atoms in total. The Morgan fingerprint density at radius 2 is 2.18 bits per heavy atom. The molecule has 0 spiro atoms. The Morgan fingerprint density at radius 1 is 1.47 bits per heavy atom. The minimum absolute atomic E-state index is 0.133. The van der Waals surface area contributed by atoms with Crippen LogP contribution in [0, 0.1) is 4.91 Å². The van der Waals surface area contributed by atoms with Crippen molar-refractivity contribution < 1.29 is 4.28 Å². The molecule has 0 fully saturated rings. The van der Waals surface area contributed by atoms with Crippen LogP contribution < -0.4 is 5.90 Å². The highest BCUT2D eigenvalue weighted by molar-refractivity contribution is 7.98. The monoisotopic (exact) mass is 276 g/mol. The molecule has 0 saturated carbocycles. The van der Waals surface area contributed by atoms with Gasteiger partial charge in [0.25, 0.3) is 0 Å². The van der Waals surface area contributed by atoms with Crippen LogP contribution in [0.1, 0.15) is 33.6 Å². The molecule has 98 valence electrons. The van der Waals surface area contributed by atoms with E-state index in [1.54, 1.807) is 0 Å². The van der Waals surface area contributed by atoms with Gasteiger partial charge in [0.05, 0.1) is 0 Å². The number of nitrogens with two attached hydrogens (primary N) is 1. The molecule has 0 aromatic rings. The third kappa shape index (κ3) is 9.41. The molecule has 1 unspecified atom stereocenters. The van der Waals surface area contributed by atoms with Crippen LogP contribution in [0.4, 0.5) is 0 Å². The van der Waals surface area contributed by atoms with Gasteiger partial charge in [-0.15, -0.1) is 4.91 Å². The second kappa shape index (κ2) is 9.70. The second-order valence-corrected chi connectivity index (χ2v) is 6.63. The van der Waals surface area contributed by atoms with Crippen molar-refractivity contribution in [2.45, 2.75) is 43.6 Å². The molecule has 0 amide bonds. The van der Waals surface area contributed by atoms with Crippen LogP contribution in [0.3, 0.4) is 0 Å². The van der Waals surface area contributed by atoms with Crippen LogP contribution in [-0.2, 0) is 4.28 Å². The van der Waals surface area contributed by atoms with Crippen molar-refractivity contribution in [3.05, 3.63) is 29.2 Å². The lowest BCUT2D eigenvalue weighted by atomic mass is 10.0. The van der Waals surface area contributed by atoms with Crippen molar-refractivity contribution in [1.82, 2.24) is 0 Å². The van der Waals surface area contributed by atoms with Gasteiger partial charge in [0.15, 0.2) is 0 Å². The molecule has 2 N–H and O–H groups in total. The van der Waals surface area contributed by atoms with Crippen LogP contribution in [0.15, 0.2) is 28.9 Å². The van der Waals surface area contributed by atoms with Crippen molar-refractivity contribution in [3.63, 3.8) is 0 Å². The van der Waals surface area contributed by atoms with Crippen molar-refractivity contribution in [3.8, 4) is 0 Å². The van der Waals surface area contributed by atoms with E-state index >= 15 is 0 Å². The van der Waals surface area contributed by atoms with Gasteiger partial charge in [-0.25, -0.2) is 10.2 Å². The first-order valence-electron chi connectivity index (χ1n) is 5.36. The lowest BCUT2D eigenvalue weighted by molar-refractivity contribution is 0.383. The van der Waals surface area contributed by atoms with E-state index < -0.39 is 0 Å². The molecule has 0 bridgehead atoms. The quantitative estimate of drug-likeness (QED) is 0.227. The number of nitrogens with zero attached hydrogens (tertiary/aromatic N) is 1. The second-order valence-electron chi connectivity index (χ2n) is 4.13. The van der Waals surface area contributed by atoms with Crippen molar-refractivity contribution >= 4 is 24.0 Å². The lowest BCUT2D eigenvalue weighted by Crippen LogP contribution is -2.22. The highest BCUT2D eigenvalue weighted by Gasteiger charge is 2.25. The van der Waals surface area contributed by atoms with Crippen molar-refractivity contribution in [1.29, 1.82) is 0 Å². The van der Waals surface area contributed by atoms with E-state index in [4.69, 9.17) is 5.90 Å². The number of hydrogen-bond acceptors (Lipinski definition) is 6. The average molecular weight is 276 g/mol. The number of allylic oxidation sites excluding steroid dienone is 4. The summed E-state index contributed by atoms with van der Waals surface area (Å²) in [5.74, 6) is 5.05. The third-order valence-electron chi connectivity index (χ3n) is 2.02. The third-order valence-corrected chi connectivity index (χ3v) is 3.48. The summed E-state index contributed by atoms with van der Waals surface area (Å²) >= 11 is 2.29. The van der Waals surface area contributed by atoms with Crippen LogP contribution >= 0.6 is 24.0 Å². The molecule has 0 rings (SSSR count). The van der Waals surface area contributed by atoms with E-state index in [0.29, 0.717) is 0 Å². The van der Waals surface area contributed by atoms with Crippen LogP contribution in [0.25, 0.3) is 0 Å². The summed E-state index contributed by atoms with van der Waals surface area (Å²) < 4.78 is 7.38. The predicted octanol–water partition coefficient (Wildman–Crippen LogP) is 4.00. The summed E-state index contributed by atoms with van der Waals surface area (Å²) in [6, 6.07) is 0. The number of rotatable bonds is 9. The normalized spacial score (nSPS) is 14.6. The van der Waals surface area contributed by atoms with Gasteiger partial charge >= 0.3 is 0 Å². The molecule has 0 aliphatic carbocycles. The van der Waals surface area contributed by atoms with Gasteiger partial charge in [0.1, 0.15) is 0 Å². The van der Waals surface area contributed by atoms with Gasteiger partial charge in [0.2, 0.25) is 0 Å². The van der Waals surface area contributed by atoms with E-state index in [2.05, 4.69) is 8.87 Å². The first-order valence-corrected chi connectivity index (χ1v) is 6.94. The van der Waals surface area contributed by atoms with Gasteiger partial charge < -0.3 is 0 Å². The molecule has 0 aromatic heterocycles. The highest BCUT2D eigenvalue weighted by Crippen LogP contribution is 2.34. The molecule has 0 aliphatic heterocycles. The maximum absolute atomic E-state index is 10.4. The lowest BCUT2D eigenvalue weighted by Gasteiger charge is -2.24. The molecule has 0 aromatic carbocycles. The van der Waals surface area contributed by atoms with Gasteiger partial charge in [-0.2, -0.15) is 0 Å². The topological polar surface area (TPSA) is 64.7 Å². The van der Waals surface area contributed by atoms with Crippen LogP contribution in [0.2, 0.25) is 0 Å². The molecule has 17 heavy (non-hydrogen) atoms. The standard InChI is InChI=1S/C11H20N2O2S2/c1-4-5-6-7-8-10(16-13-14)9-11(2,3)17-15-12/h4-7,10H,8-9,12H2,1-3H3/b5-4+,7-6+. The first-order chi connectivity index (χ1) is 8.05. The van der Waals surface area contributed by atoms with Crippen molar-refractivity contribution in [2.75, 3.05) is 0 Å². The van der Waals surface area contributed by atoms with Crippen LogP contribution in [-0.4, -0.2) is 10.00 Å². The average Bonchev–Trinajstić information content (AvgIpc) is 2.24. The zero-order valence-corrected chi connectivity index (χ0v) is 12.1. The number of hydrogen-bond donors (Lipinski definition) is 1. The Labute approximate surface area is 112 Å². The van der Waals surface area contributed by atoms with Gasteiger partial charge in [-0.3, -0.25) is 0 Å². The van der Waals surface area contributed by atoms with E-state index in [1.807, 2.05) is 45.1 Å². The Bertz CT molecular complexity index is 268. The van der Waals surface area contributed by atoms with Crippen molar-refractivity contribution in [2.24, 2.45) is 10.5 Å². The maximum atomic E-state index is 10.4. The van der Waals surface area contributed by atoms with Gasteiger partial charge in [-0.1, -0.05) is 24.3 Å². The Hall–Kier alpha value is -0.300. The summed E-state index contributed by atoms with van der Waals surface area (Å²) in [5, 5.41) is 0.145. The summed E-state index contributed by atoms with van der Waals surface area (Å²) in [6.45, 7) is 6.01. The fourth-order valence-electron chi connectivity index (χ4n) is 1.36. The molecule has 6 heteroatoms. The van der Waals surface area contributed by atoms with Gasteiger partial charge in [-0.05, 0) is 33.6 Å². The fourth-order valence-corrected chi connectivity index (χ4v) is 2.80. The minimum atomic E-state index is -0.133. The maximum Gasteiger partial charge on any atom is 0.0397 e. The zero-order chi connectivity index (χ0) is 13.1. The van der Waals surface area contributed by atoms with Crippen LogP contribution in [0.5, 0.6) is 0 Å². The highest BCUT2D eigenvalue weighted by atomic mass is 32.2. The Kier molecular flexibility index (Phi) is 9.53. The Balaban J connectivity index is 4.26. The molecule has 0 heterocycles. The van der Waals surface area contributed by atoms with E-state index in [9.17, 15) is 4.91 Å². The largest absolute Gasteiger partial charge is 0.234 e. The summed E-state index contributed by atoms with van der Waals surface area (Å²) in [5.41, 5.74) is 0. The molecular weight excluding hydrogens is 256 g/mol. The van der Waals surface area contributed by atoms with E-state index in [1.165, 1.54) is 12.0 Å². The van der Waals surface area contributed by atoms with Gasteiger partial charge in [0, 0.05) is 38.6 Å². The smallest absolute Gasteiger partial charge is 0.0397 e. The Morgan fingerprint density at radius 3 is 2.71 bits per heavy atom. The predicted molar refractivity (Wildman–Crippen MR) is 77.3 cm³/mol. The molecule has 0 aliphatic rings. The molecule has 0 saturated heterocycles. The summed E-state index contributed by atoms with van der Waals surface area (Å²) in [6.07, 6.45) is 9.52. The minimum Gasteiger partial charge on any atom is -0.234 e. The zero-order valence-electron chi connectivity index (χ0n) is 10.5. The van der Waals surface area contributed by atoms with E-state index in [0.717, 1.165) is 24.8 Å². The molecular formula is C11H20N2O2S2. The van der Waals surface area contributed by atoms with E-state index in [-0.39, 0.29) is 10.00 Å². The summed E-state index contributed by atoms with van der Waals surface area (Å²) in [4.78, 5) is 10.4. The first kappa shape index (κ1) is 16.7. The molecule has 0 radical (unpaired) electrons. The molecule has 1 atom stereocenters. The SMILES string of the molecule is C/C=C/C=C/CC(CC(C)(C)SON)SN=O.